The van der Waals surface area contributed by atoms with Gasteiger partial charge in [0, 0.05) is 11.1 Å². The molecule has 2 aromatic carbocycles. The van der Waals surface area contributed by atoms with Crippen molar-refractivity contribution in [3.8, 4) is 11.5 Å². The maximum atomic E-state index is 11.1. The lowest BCUT2D eigenvalue weighted by Crippen LogP contribution is -2.10. The van der Waals surface area contributed by atoms with Gasteiger partial charge in [-0.05, 0) is 55.5 Å². The van der Waals surface area contributed by atoms with Crippen LogP contribution in [-0.4, -0.2) is 11.7 Å². The summed E-state index contributed by atoms with van der Waals surface area (Å²) >= 11 is 0. The highest BCUT2D eigenvalue weighted by atomic mass is 16.5. The zero-order chi connectivity index (χ0) is 13.8. The summed E-state index contributed by atoms with van der Waals surface area (Å²) in [5, 5.41) is 0. The summed E-state index contributed by atoms with van der Waals surface area (Å²) in [4.78, 5) is 22.1. The fraction of sp³-hybridized carbons (Fsp3) is 0.0667. The second-order valence-electron chi connectivity index (χ2n) is 4.07. The van der Waals surface area contributed by atoms with Gasteiger partial charge in [0.25, 0.3) is 0 Å². The number of ketones is 1. The second-order valence-corrected chi connectivity index (χ2v) is 4.07. The van der Waals surface area contributed by atoms with Crippen LogP contribution in [0, 0.1) is 0 Å². The van der Waals surface area contributed by atoms with Crippen LogP contribution in [0.25, 0.3) is 0 Å². The molecule has 0 radical (unpaired) electrons. The Morgan fingerprint density at radius 2 is 1.26 bits per heavy atom. The van der Waals surface area contributed by atoms with E-state index < -0.39 is 5.91 Å². The molecular weight excluding hydrogens is 242 g/mol. The van der Waals surface area contributed by atoms with Crippen molar-refractivity contribution in [1.82, 2.24) is 0 Å². The zero-order valence-electron chi connectivity index (χ0n) is 10.4. The third kappa shape index (κ3) is 3.19. The molecule has 0 spiro atoms. The van der Waals surface area contributed by atoms with E-state index in [0.29, 0.717) is 22.6 Å². The Labute approximate surface area is 110 Å². The first kappa shape index (κ1) is 12.8. The van der Waals surface area contributed by atoms with Gasteiger partial charge < -0.3 is 10.5 Å². The normalized spacial score (nSPS) is 9.95. The quantitative estimate of drug-likeness (QED) is 0.854. The molecule has 0 fully saturated rings. The molecule has 0 aliphatic rings. The van der Waals surface area contributed by atoms with Crippen molar-refractivity contribution in [3.63, 3.8) is 0 Å². The summed E-state index contributed by atoms with van der Waals surface area (Å²) in [7, 11) is 0. The minimum absolute atomic E-state index is 0.0114. The largest absolute Gasteiger partial charge is 0.457 e. The lowest BCUT2D eigenvalue weighted by molar-refractivity contribution is 0.0996. The molecule has 4 heteroatoms. The summed E-state index contributed by atoms with van der Waals surface area (Å²) in [6, 6.07) is 13.4. The number of hydrogen-bond acceptors (Lipinski definition) is 3. The van der Waals surface area contributed by atoms with Gasteiger partial charge in [0.1, 0.15) is 11.5 Å². The zero-order valence-corrected chi connectivity index (χ0v) is 10.4. The number of primary amides is 1. The second kappa shape index (κ2) is 5.35. The minimum Gasteiger partial charge on any atom is -0.457 e. The molecular formula is C15H13NO3. The molecule has 0 aliphatic carbocycles. The summed E-state index contributed by atoms with van der Waals surface area (Å²) < 4.78 is 5.58. The van der Waals surface area contributed by atoms with Crippen molar-refractivity contribution in [1.29, 1.82) is 0 Å². The van der Waals surface area contributed by atoms with Crippen LogP contribution in [0.3, 0.4) is 0 Å². The van der Waals surface area contributed by atoms with Gasteiger partial charge in [0.05, 0.1) is 0 Å². The Kier molecular flexibility index (Phi) is 3.61. The number of benzene rings is 2. The van der Waals surface area contributed by atoms with Gasteiger partial charge in [-0.2, -0.15) is 0 Å². The van der Waals surface area contributed by atoms with Crippen LogP contribution in [0.1, 0.15) is 27.6 Å². The molecule has 0 saturated heterocycles. The summed E-state index contributed by atoms with van der Waals surface area (Å²) in [6.45, 7) is 1.51. The van der Waals surface area contributed by atoms with E-state index in [1.165, 1.54) is 6.92 Å². The Bertz CT molecular complexity index is 545. The van der Waals surface area contributed by atoms with E-state index in [4.69, 9.17) is 10.5 Å². The van der Waals surface area contributed by atoms with Crippen molar-refractivity contribution >= 4 is 11.7 Å². The van der Waals surface area contributed by atoms with Gasteiger partial charge in [-0.25, -0.2) is 0 Å². The van der Waals surface area contributed by atoms with Gasteiger partial charge in [0.15, 0.2) is 5.78 Å². The molecule has 0 bridgehead atoms. The molecule has 0 unspecified atom stereocenters. The maximum absolute atomic E-state index is 11.1. The predicted octanol–water partition coefficient (Wildman–Crippen LogP) is 2.78. The molecule has 2 rings (SSSR count). The number of hydrogen-bond donors (Lipinski definition) is 1. The summed E-state index contributed by atoms with van der Waals surface area (Å²) in [5.74, 6) is 0.757. The van der Waals surface area contributed by atoms with E-state index in [0.717, 1.165) is 0 Å². The number of carbonyl (C=O) groups excluding carboxylic acids is 2. The molecule has 2 N–H and O–H groups in total. The van der Waals surface area contributed by atoms with Crippen molar-refractivity contribution in [3.05, 3.63) is 59.7 Å². The lowest BCUT2D eigenvalue weighted by atomic mass is 10.1. The summed E-state index contributed by atoms with van der Waals surface area (Å²) in [6.07, 6.45) is 0. The molecule has 4 nitrogen and oxygen atoms in total. The average molecular weight is 255 g/mol. The third-order valence-corrected chi connectivity index (χ3v) is 2.64. The molecule has 1 amide bonds. The van der Waals surface area contributed by atoms with Gasteiger partial charge in [-0.1, -0.05) is 0 Å². The number of rotatable bonds is 4. The fourth-order valence-corrected chi connectivity index (χ4v) is 1.58. The highest BCUT2D eigenvalue weighted by Crippen LogP contribution is 2.22. The van der Waals surface area contributed by atoms with Crippen LogP contribution < -0.4 is 10.5 Å². The topological polar surface area (TPSA) is 69.4 Å². The lowest BCUT2D eigenvalue weighted by Gasteiger charge is -2.06. The smallest absolute Gasteiger partial charge is 0.248 e. The van der Waals surface area contributed by atoms with Crippen molar-refractivity contribution < 1.29 is 14.3 Å². The monoisotopic (exact) mass is 255 g/mol. The van der Waals surface area contributed by atoms with E-state index in [9.17, 15) is 9.59 Å². The van der Waals surface area contributed by atoms with Crippen LogP contribution in [-0.2, 0) is 0 Å². The standard InChI is InChI=1S/C15H13NO3/c1-10(17)11-2-6-13(7-3-11)19-14-8-4-12(5-9-14)15(16)18/h2-9H,1H3,(H2,16,18). The average Bonchev–Trinajstić information content (AvgIpc) is 2.40. The highest BCUT2D eigenvalue weighted by Gasteiger charge is 2.03. The van der Waals surface area contributed by atoms with Crippen molar-refractivity contribution in [2.24, 2.45) is 5.73 Å². The first-order valence-electron chi connectivity index (χ1n) is 5.75. The molecule has 19 heavy (non-hydrogen) atoms. The van der Waals surface area contributed by atoms with Gasteiger partial charge >= 0.3 is 0 Å². The molecule has 0 aromatic heterocycles. The first-order valence-corrected chi connectivity index (χ1v) is 5.75. The number of carbonyl (C=O) groups is 2. The van der Waals surface area contributed by atoms with Gasteiger partial charge in [-0.3, -0.25) is 9.59 Å². The third-order valence-electron chi connectivity index (χ3n) is 2.64. The van der Waals surface area contributed by atoms with Crippen LogP contribution >= 0.6 is 0 Å². The Hall–Kier alpha value is -2.62. The van der Waals surface area contributed by atoms with E-state index in [1.54, 1.807) is 48.5 Å². The molecule has 2 aromatic rings. The first-order chi connectivity index (χ1) is 9.06. The number of nitrogens with two attached hydrogens (primary N) is 1. The number of amides is 1. The van der Waals surface area contributed by atoms with Crippen LogP contribution in [0.5, 0.6) is 11.5 Å². The molecule has 0 atom stereocenters. The van der Waals surface area contributed by atoms with Crippen LogP contribution in [0.4, 0.5) is 0 Å². The van der Waals surface area contributed by atoms with Crippen LogP contribution in [0.15, 0.2) is 48.5 Å². The maximum Gasteiger partial charge on any atom is 0.248 e. The van der Waals surface area contributed by atoms with Gasteiger partial charge in [-0.15, -0.1) is 0 Å². The number of ether oxygens (including phenoxy) is 1. The van der Waals surface area contributed by atoms with E-state index in [-0.39, 0.29) is 5.78 Å². The van der Waals surface area contributed by atoms with E-state index in [1.807, 2.05) is 0 Å². The Morgan fingerprint density at radius 1 is 0.842 bits per heavy atom. The van der Waals surface area contributed by atoms with E-state index in [2.05, 4.69) is 0 Å². The van der Waals surface area contributed by atoms with Crippen molar-refractivity contribution in [2.45, 2.75) is 6.92 Å². The van der Waals surface area contributed by atoms with Gasteiger partial charge in [0.2, 0.25) is 5.91 Å². The SMILES string of the molecule is CC(=O)c1ccc(Oc2ccc(C(N)=O)cc2)cc1. The fourth-order valence-electron chi connectivity index (χ4n) is 1.58. The highest BCUT2D eigenvalue weighted by molar-refractivity contribution is 5.94. The molecule has 96 valence electrons. The minimum atomic E-state index is -0.475. The number of Topliss-reactive ketones (excluding diaryl/α,β-unsaturated/α-hetero) is 1. The molecule has 0 aliphatic heterocycles. The van der Waals surface area contributed by atoms with Crippen LogP contribution in [0.2, 0.25) is 0 Å². The predicted molar refractivity (Wildman–Crippen MR) is 71.5 cm³/mol. The molecule has 0 heterocycles. The Balaban J connectivity index is 2.12. The Morgan fingerprint density at radius 3 is 1.63 bits per heavy atom. The summed E-state index contributed by atoms with van der Waals surface area (Å²) in [5.41, 5.74) is 6.22. The molecule has 0 saturated carbocycles. The van der Waals surface area contributed by atoms with E-state index >= 15 is 0 Å². The van der Waals surface area contributed by atoms with Crippen molar-refractivity contribution in [2.75, 3.05) is 0 Å².